The van der Waals surface area contributed by atoms with Crippen molar-refractivity contribution in [1.29, 1.82) is 0 Å². The van der Waals surface area contributed by atoms with Crippen LogP contribution in [-0.2, 0) is 57.0 Å². The summed E-state index contributed by atoms with van der Waals surface area (Å²) in [5.41, 5.74) is -1.49. The van der Waals surface area contributed by atoms with E-state index in [1.54, 1.807) is 39.8 Å². The molecule has 0 radical (unpaired) electrons. The third kappa shape index (κ3) is 14.1. The molecule has 0 aromatic heterocycles. The van der Waals surface area contributed by atoms with Crippen LogP contribution in [0.25, 0.3) is 0 Å². The Kier molecular flexibility index (Phi) is 20.0. The summed E-state index contributed by atoms with van der Waals surface area (Å²) in [5.74, 6) is -2.21. The number of aldehydes is 1. The monoisotopic (exact) mass is 885 g/mol. The minimum absolute atomic E-state index is 0.0293. The lowest BCUT2D eigenvalue weighted by Crippen LogP contribution is -2.65. The lowest BCUT2D eigenvalue weighted by Gasteiger charge is -2.50. The van der Waals surface area contributed by atoms with Crippen molar-refractivity contribution >= 4 is 18.2 Å². The number of nitrogens with zero attached hydrogens (tertiary/aromatic N) is 2. The number of hydrogen-bond acceptors (Lipinski definition) is 17. The average molecular weight is 885 g/mol. The van der Waals surface area contributed by atoms with Crippen LogP contribution < -0.4 is 0 Å². The maximum atomic E-state index is 13.4. The highest BCUT2D eigenvalue weighted by molar-refractivity contribution is 5.72. The molecule has 0 aromatic carbocycles. The van der Waals surface area contributed by atoms with Crippen LogP contribution >= 0.6 is 0 Å². The second-order valence-corrected chi connectivity index (χ2v) is 18.4. The maximum absolute atomic E-state index is 13.4. The lowest BCUT2D eigenvalue weighted by molar-refractivity contribution is -0.344. The van der Waals surface area contributed by atoms with Crippen molar-refractivity contribution in [3.8, 4) is 0 Å². The third-order valence-corrected chi connectivity index (χ3v) is 12.7. The summed E-state index contributed by atoms with van der Waals surface area (Å²) in [4.78, 5) is 42.7. The van der Waals surface area contributed by atoms with Gasteiger partial charge in [-0.1, -0.05) is 31.2 Å². The number of cyclic esters (lactones) is 1. The van der Waals surface area contributed by atoms with Crippen LogP contribution in [0, 0.1) is 11.8 Å². The Balaban J connectivity index is 1.73. The number of carbonyl (C=O) groups is 3. The normalized spacial score (nSPS) is 44.0. The molecule has 0 aliphatic carbocycles. The Morgan fingerprint density at radius 2 is 1.60 bits per heavy atom. The summed E-state index contributed by atoms with van der Waals surface area (Å²) in [6.45, 7) is 12.0. The van der Waals surface area contributed by atoms with Gasteiger partial charge in [0, 0.05) is 39.3 Å². The Hall–Kier alpha value is -2.39. The van der Waals surface area contributed by atoms with Crippen LogP contribution in [0.4, 0.5) is 0 Å². The summed E-state index contributed by atoms with van der Waals surface area (Å²) in [5, 5.41) is 33.6. The van der Waals surface area contributed by atoms with E-state index < -0.39 is 109 Å². The molecule has 0 unspecified atom stereocenters. The van der Waals surface area contributed by atoms with Gasteiger partial charge in [0.1, 0.15) is 42.9 Å². The number of aliphatic hydroxyl groups excluding tert-OH is 2. The molecular formula is C45H76N2O15. The van der Waals surface area contributed by atoms with E-state index in [4.69, 9.17) is 42.6 Å². The predicted molar refractivity (Wildman–Crippen MR) is 226 cm³/mol. The fourth-order valence-corrected chi connectivity index (χ4v) is 9.40. The van der Waals surface area contributed by atoms with E-state index in [2.05, 4.69) is 4.90 Å². The first-order chi connectivity index (χ1) is 29.2. The highest BCUT2D eigenvalue weighted by Gasteiger charge is 2.52. The Bertz CT molecular complexity index is 1480. The quantitative estimate of drug-likeness (QED) is 0.191. The number of rotatable bonds is 12. The Morgan fingerprint density at radius 1 is 0.903 bits per heavy atom. The first kappa shape index (κ1) is 52.2. The van der Waals surface area contributed by atoms with Crippen molar-refractivity contribution in [3.63, 3.8) is 0 Å². The lowest BCUT2D eigenvalue weighted by atomic mass is 9.82. The van der Waals surface area contributed by atoms with Crippen molar-refractivity contribution < 1.29 is 72.3 Å². The molecule has 17 nitrogen and oxygen atoms in total. The fourth-order valence-electron chi connectivity index (χ4n) is 9.40. The van der Waals surface area contributed by atoms with Gasteiger partial charge in [-0.15, -0.1) is 0 Å². The maximum Gasteiger partial charge on any atom is 0.309 e. The number of esters is 2. The molecular weight excluding hydrogens is 808 g/mol. The second-order valence-electron chi connectivity index (χ2n) is 18.4. The van der Waals surface area contributed by atoms with E-state index in [-0.39, 0.29) is 37.3 Å². The Labute approximate surface area is 368 Å². The molecule has 0 amide bonds. The summed E-state index contributed by atoms with van der Waals surface area (Å²) < 4.78 is 56.3. The summed E-state index contributed by atoms with van der Waals surface area (Å²) in [6.07, 6.45) is -1.81. The van der Waals surface area contributed by atoms with E-state index in [0.29, 0.717) is 19.3 Å². The Morgan fingerprint density at radius 3 is 2.19 bits per heavy atom. The van der Waals surface area contributed by atoms with Gasteiger partial charge in [-0.05, 0) is 93.9 Å². The molecule has 3 fully saturated rings. The van der Waals surface area contributed by atoms with Crippen LogP contribution in [0.3, 0.4) is 0 Å². The van der Waals surface area contributed by atoms with Crippen molar-refractivity contribution in [2.75, 3.05) is 35.3 Å². The zero-order valence-corrected chi connectivity index (χ0v) is 38.9. The zero-order chi connectivity index (χ0) is 46.1. The standard InChI is InChI=1S/C45H76N2O15/c1-25-22-31(20-21-48)41(62-44-39(51)38(47(10)11)40(28(4)58-44)61-37-24-45(7,53)43(52)29(5)57-37)42(54-12)34(59-30(6)49)23-35(50)55-26(2)16-14-13-15-17-33(25)60-36-19-18-32(46(8)9)27(3)56-36/h13-15,17,21,25-29,31-34,36-44,51-53H,16,18-20,22-24H2,1-12H3/b14-13+,17-15+/t25-,26-,27-,28-,29+,31+,32+,33+,34-,36+,37+,38-,39-,40-,41+,42+,43+,44+,45-/m1/s1. The largest absolute Gasteiger partial charge is 0.462 e. The van der Waals surface area contributed by atoms with Gasteiger partial charge in [0.25, 0.3) is 0 Å². The van der Waals surface area contributed by atoms with Gasteiger partial charge in [-0.2, -0.15) is 0 Å². The van der Waals surface area contributed by atoms with E-state index in [0.717, 1.165) is 12.7 Å². The van der Waals surface area contributed by atoms with Crippen LogP contribution in [0.5, 0.6) is 0 Å². The molecule has 356 valence electrons. The number of hydrogen-bond donors (Lipinski definition) is 3. The molecule has 19 atom stereocenters. The van der Waals surface area contributed by atoms with Crippen molar-refractivity contribution in [2.45, 2.75) is 197 Å². The SMILES string of the molecule is CO[C@@H]1[C@@H](O[C@@H]2O[C@H](C)[C@@H](O[C@H]3C[C@@](C)(O)[C@@H](O)[C@H](C)O3)[C@H](N(C)C)[C@H]2O)[C@@H](CC=O)C[C@@H](C)[C@@H](O[C@H]2CC[C@H](N(C)C)[C@@H](C)O2)/C=C/C=C/C[C@@H](C)OC(=O)C[C@H]1OC(C)=O. The molecule has 0 saturated carbocycles. The molecule has 4 aliphatic heterocycles. The summed E-state index contributed by atoms with van der Waals surface area (Å²) in [7, 11) is 9.02. The highest BCUT2D eigenvalue weighted by Crippen LogP contribution is 2.38. The smallest absolute Gasteiger partial charge is 0.309 e. The van der Waals surface area contributed by atoms with Crippen LogP contribution in [0.15, 0.2) is 24.3 Å². The number of methoxy groups -OCH3 is 1. The number of carbonyl (C=O) groups excluding carboxylic acids is 3. The van der Waals surface area contributed by atoms with Gasteiger partial charge in [0.15, 0.2) is 18.9 Å². The van der Waals surface area contributed by atoms with Gasteiger partial charge in [-0.25, -0.2) is 0 Å². The zero-order valence-electron chi connectivity index (χ0n) is 38.9. The predicted octanol–water partition coefficient (Wildman–Crippen LogP) is 2.90. The molecule has 4 heterocycles. The molecule has 4 rings (SSSR count). The molecule has 0 aromatic rings. The first-order valence-corrected chi connectivity index (χ1v) is 22.2. The molecule has 3 saturated heterocycles. The van der Waals surface area contributed by atoms with Gasteiger partial charge in [0.05, 0.1) is 48.6 Å². The number of allylic oxidation sites excluding steroid dienone is 2. The van der Waals surface area contributed by atoms with E-state index in [9.17, 15) is 29.7 Å². The second kappa shape index (κ2) is 23.7. The summed E-state index contributed by atoms with van der Waals surface area (Å²) in [6, 6.07) is -0.509. The van der Waals surface area contributed by atoms with Crippen molar-refractivity contribution in [3.05, 3.63) is 24.3 Å². The van der Waals surface area contributed by atoms with Gasteiger partial charge in [-0.3, -0.25) is 9.59 Å². The molecule has 4 aliphatic rings. The van der Waals surface area contributed by atoms with E-state index in [1.807, 2.05) is 52.2 Å². The van der Waals surface area contributed by atoms with Gasteiger partial charge >= 0.3 is 11.9 Å². The molecule has 0 bridgehead atoms. The molecule has 0 spiro atoms. The van der Waals surface area contributed by atoms with Crippen molar-refractivity contribution in [1.82, 2.24) is 9.80 Å². The third-order valence-electron chi connectivity index (χ3n) is 12.7. The fraction of sp³-hybridized carbons (Fsp3) is 0.844. The topological polar surface area (TPSA) is 201 Å². The minimum atomic E-state index is -1.49. The van der Waals surface area contributed by atoms with Gasteiger partial charge in [0.2, 0.25) is 0 Å². The van der Waals surface area contributed by atoms with Crippen LogP contribution in [0.1, 0.15) is 93.4 Å². The molecule has 3 N–H and O–H groups in total. The van der Waals surface area contributed by atoms with E-state index in [1.165, 1.54) is 21.0 Å². The number of likely N-dealkylation sites (N-methyl/N-ethyl adjacent to an activating group) is 2. The highest BCUT2D eigenvalue weighted by atomic mass is 16.7. The summed E-state index contributed by atoms with van der Waals surface area (Å²) >= 11 is 0. The molecule has 17 heteroatoms. The minimum Gasteiger partial charge on any atom is -0.462 e. The van der Waals surface area contributed by atoms with Gasteiger partial charge < -0.3 is 72.5 Å². The first-order valence-electron chi connectivity index (χ1n) is 22.2. The van der Waals surface area contributed by atoms with Crippen molar-refractivity contribution in [2.24, 2.45) is 11.8 Å². The van der Waals surface area contributed by atoms with E-state index >= 15 is 0 Å². The average Bonchev–Trinajstić information content (AvgIpc) is 3.16. The van der Waals surface area contributed by atoms with Crippen LogP contribution in [-0.4, -0.2) is 182 Å². The number of aliphatic hydroxyl groups is 3. The number of ether oxygens (including phenoxy) is 9. The molecule has 62 heavy (non-hydrogen) atoms. The van der Waals surface area contributed by atoms with Crippen LogP contribution in [0.2, 0.25) is 0 Å².